The lowest BCUT2D eigenvalue weighted by molar-refractivity contribution is 0.0526. The highest BCUT2D eigenvalue weighted by atomic mass is 16.5. The molecule has 0 aliphatic heterocycles. The Morgan fingerprint density at radius 3 is 2.72 bits per heavy atom. The van der Waals surface area contributed by atoms with Crippen LogP contribution in [-0.4, -0.2) is 37.4 Å². The molecule has 0 unspecified atom stereocenters. The first kappa shape index (κ1) is 18.4. The SMILES string of the molecule is CCOC(=O)c1cc(C)nc(Nc2cccc(OC)c2)c1C(C)=NC. The van der Waals surface area contributed by atoms with Gasteiger partial charge in [0.05, 0.1) is 24.8 Å². The zero-order valence-electron chi connectivity index (χ0n) is 15.2. The van der Waals surface area contributed by atoms with Crippen molar-refractivity contribution in [1.82, 2.24) is 4.98 Å². The standard InChI is InChI=1S/C19H23N3O3/c1-6-25-19(23)16-10-12(2)21-18(17(16)13(3)20-4)22-14-8-7-9-15(11-14)24-5/h7-11H,6H2,1-5H3,(H,21,22). The molecule has 0 bridgehead atoms. The van der Waals surface area contributed by atoms with Crippen LogP contribution in [0.3, 0.4) is 0 Å². The van der Waals surface area contributed by atoms with Crippen LogP contribution in [0, 0.1) is 6.92 Å². The van der Waals surface area contributed by atoms with E-state index in [9.17, 15) is 4.79 Å². The molecule has 0 radical (unpaired) electrons. The number of anilines is 2. The molecule has 132 valence electrons. The van der Waals surface area contributed by atoms with Crippen LogP contribution in [-0.2, 0) is 4.74 Å². The number of ether oxygens (including phenoxy) is 2. The summed E-state index contributed by atoms with van der Waals surface area (Å²) < 4.78 is 10.4. The van der Waals surface area contributed by atoms with Gasteiger partial charge in [-0.15, -0.1) is 0 Å². The maximum Gasteiger partial charge on any atom is 0.338 e. The van der Waals surface area contributed by atoms with Crippen LogP contribution < -0.4 is 10.1 Å². The number of carbonyl (C=O) groups excluding carboxylic acids is 1. The fraction of sp³-hybridized carbons (Fsp3) is 0.316. The summed E-state index contributed by atoms with van der Waals surface area (Å²) in [6, 6.07) is 9.22. The predicted molar refractivity (Wildman–Crippen MR) is 99.3 cm³/mol. The number of esters is 1. The summed E-state index contributed by atoms with van der Waals surface area (Å²) in [6.45, 7) is 5.76. The summed E-state index contributed by atoms with van der Waals surface area (Å²) in [7, 11) is 3.29. The molecule has 2 rings (SSSR count). The van der Waals surface area contributed by atoms with Crippen LogP contribution in [0.5, 0.6) is 5.75 Å². The van der Waals surface area contributed by atoms with Gasteiger partial charge in [-0.2, -0.15) is 0 Å². The molecular formula is C19H23N3O3. The predicted octanol–water partition coefficient (Wildman–Crippen LogP) is 3.76. The van der Waals surface area contributed by atoms with Crippen molar-refractivity contribution < 1.29 is 14.3 Å². The van der Waals surface area contributed by atoms with Gasteiger partial charge in [0.2, 0.25) is 0 Å². The molecule has 0 aliphatic rings. The maximum atomic E-state index is 12.4. The van der Waals surface area contributed by atoms with Gasteiger partial charge < -0.3 is 14.8 Å². The number of methoxy groups -OCH3 is 1. The van der Waals surface area contributed by atoms with Gasteiger partial charge in [-0.25, -0.2) is 9.78 Å². The fourth-order valence-electron chi connectivity index (χ4n) is 2.45. The molecule has 0 atom stereocenters. The topological polar surface area (TPSA) is 72.8 Å². The van der Waals surface area contributed by atoms with E-state index in [1.807, 2.05) is 38.1 Å². The van der Waals surface area contributed by atoms with Crippen LogP contribution >= 0.6 is 0 Å². The molecule has 0 fully saturated rings. The van der Waals surface area contributed by atoms with Gasteiger partial charge >= 0.3 is 5.97 Å². The first-order chi connectivity index (χ1) is 12.0. The zero-order valence-corrected chi connectivity index (χ0v) is 15.2. The molecule has 0 amide bonds. The average molecular weight is 341 g/mol. The van der Waals surface area contributed by atoms with Gasteiger partial charge in [0.25, 0.3) is 0 Å². The summed E-state index contributed by atoms with van der Waals surface area (Å²) in [5.74, 6) is 0.893. The number of hydrogen-bond donors (Lipinski definition) is 1. The second-order valence-electron chi connectivity index (χ2n) is 5.42. The number of hydrogen-bond acceptors (Lipinski definition) is 6. The summed E-state index contributed by atoms with van der Waals surface area (Å²) in [5.41, 5.74) is 3.29. The van der Waals surface area contributed by atoms with Crippen molar-refractivity contribution in [2.45, 2.75) is 20.8 Å². The van der Waals surface area contributed by atoms with Gasteiger partial charge in [0.1, 0.15) is 11.6 Å². The number of carbonyl (C=O) groups is 1. The van der Waals surface area contributed by atoms with E-state index in [0.717, 1.165) is 11.4 Å². The van der Waals surface area contributed by atoms with Gasteiger partial charge in [-0.3, -0.25) is 4.99 Å². The monoisotopic (exact) mass is 341 g/mol. The molecule has 0 spiro atoms. The Kier molecular flexibility index (Phi) is 6.11. The van der Waals surface area contributed by atoms with E-state index in [2.05, 4.69) is 15.3 Å². The van der Waals surface area contributed by atoms with Gasteiger partial charge in [0.15, 0.2) is 0 Å². The molecule has 1 N–H and O–H groups in total. The van der Waals surface area contributed by atoms with E-state index in [1.165, 1.54) is 0 Å². The fourth-order valence-corrected chi connectivity index (χ4v) is 2.45. The number of rotatable bonds is 6. The average Bonchev–Trinajstić information content (AvgIpc) is 2.61. The van der Waals surface area contributed by atoms with Crippen LogP contribution in [0.4, 0.5) is 11.5 Å². The van der Waals surface area contributed by atoms with Crippen LogP contribution in [0.15, 0.2) is 35.3 Å². The Morgan fingerprint density at radius 1 is 1.32 bits per heavy atom. The highest BCUT2D eigenvalue weighted by Crippen LogP contribution is 2.26. The third kappa shape index (κ3) is 4.35. The Hall–Kier alpha value is -2.89. The highest BCUT2D eigenvalue weighted by Gasteiger charge is 2.20. The number of aromatic nitrogens is 1. The Labute approximate surface area is 147 Å². The van der Waals surface area contributed by atoms with Crippen molar-refractivity contribution in [3.8, 4) is 5.75 Å². The number of nitrogens with zero attached hydrogens (tertiary/aromatic N) is 2. The molecule has 6 nitrogen and oxygen atoms in total. The molecule has 1 aromatic carbocycles. The van der Waals surface area contributed by atoms with Crippen LogP contribution in [0.1, 0.15) is 35.5 Å². The van der Waals surface area contributed by atoms with E-state index >= 15 is 0 Å². The Morgan fingerprint density at radius 2 is 2.08 bits per heavy atom. The molecule has 6 heteroatoms. The number of pyridine rings is 1. The summed E-state index contributed by atoms with van der Waals surface area (Å²) in [5, 5.41) is 3.26. The Bertz CT molecular complexity index is 800. The lowest BCUT2D eigenvalue weighted by Crippen LogP contribution is -2.15. The number of aliphatic imine (C=N–C) groups is 1. The summed E-state index contributed by atoms with van der Waals surface area (Å²) in [6.07, 6.45) is 0. The van der Waals surface area contributed by atoms with Crippen molar-refractivity contribution >= 4 is 23.2 Å². The normalized spacial score (nSPS) is 11.2. The minimum Gasteiger partial charge on any atom is -0.497 e. The summed E-state index contributed by atoms with van der Waals surface area (Å²) in [4.78, 5) is 21.2. The van der Waals surface area contributed by atoms with Gasteiger partial charge in [0, 0.05) is 30.2 Å². The largest absolute Gasteiger partial charge is 0.497 e. The highest BCUT2D eigenvalue weighted by molar-refractivity contribution is 6.11. The Balaban J connectivity index is 2.57. The van der Waals surface area contributed by atoms with Crippen LogP contribution in [0.25, 0.3) is 0 Å². The molecule has 2 aromatic rings. The minimum atomic E-state index is -0.389. The third-order valence-electron chi connectivity index (χ3n) is 3.67. The number of nitrogens with one attached hydrogen (secondary N) is 1. The number of benzene rings is 1. The molecule has 1 aromatic heterocycles. The maximum absolute atomic E-state index is 12.4. The van der Waals surface area contributed by atoms with E-state index in [0.29, 0.717) is 35.0 Å². The zero-order chi connectivity index (χ0) is 18.4. The van der Waals surface area contributed by atoms with Crippen molar-refractivity contribution in [3.63, 3.8) is 0 Å². The van der Waals surface area contributed by atoms with E-state index in [4.69, 9.17) is 9.47 Å². The van der Waals surface area contributed by atoms with Crippen molar-refractivity contribution in [1.29, 1.82) is 0 Å². The first-order valence-electron chi connectivity index (χ1n) is 8.03. The summed E-state index contributed by atoms with van der Waals surface area (Å²) >= 11 is 0. The first-order valence-corrected chi connectivity index (χ1v) is 8.03. The second-order valence-corrected chi connectivity index (χ2v) is 5.42. The molecule has 25 heavy (non-hydrogen) atoms. The van der Waals surface area contributed by atoms with Crippen molar-refractivity contribution in [3.05, 3.63) is 47.2 Å². The van der Waals surface area contributed by atoms with Crippen LogP contribution in [0.2, 0.25) is 0 Å². The van der Waals surface area contributed by atoms with Crippen molar-refractivity contribution in [2.75, 3.05) is 26.1 Å². The smallest absolute Gasteiger partial charge is 0.338 e. The van der Waals surface area contributed by atoms with Gasteiger partial charge in [-0.1, -0.05) is 6.07 Å². The molecule has 0 aliphatic carbocycles. The lowest BCUT2D eigenvalue weighted by atomic mass is 10.0. The van der Waals surface area contributed by atoms with E-state index in [-0.39, 0.29) is 5.97 Å². The molecular weight excluding hydrogens is 318 g/mol. The van der Waals surface area contributed by atoms with Crippen molar-refractivity contribution in [2.24, 2.45) is 4.99 Å². The number of aryl methyl sites for hydroxylation is 1. The molecule has 0 saturated heterocycles. The van der Waals surface area contributed by atoms with E-state index in [1.54, 1.807) is 27.1 Å². The third-order valence-corrected chi connectivity index (χ3v) is 3.67. The quantitative estimate of drug-likeness (QED) is 0.640. The molecule has 1 heterocycles. The minimum absolute atomic E-state index is 0.306. The van der Waals surface area contributed by atoms with E-state index < -0.39 is 0 Å². The lowest BCUT2D eigenvalue weighted by Gasteiger charge is -2.16. The second kappa shape index (κ2) is 8.28. The molecule has 0 saturated carbocycles. The van der Waals surface area contributed by atoms with Gasteiger partial charge in [-0.05, 0) is 39.0 Å².